The maximum Gasteiger partial charge on any atom is 0.252 e. The highest BCUT2D eigenvalue weighted by Gasteiger charge is 2.27. The smallest absolute Gasteiger partial charge is 0.252 e. The van der Waals surface area contributed by atoms with E-state index >= 15 is 0 Å². The molecule has 0 spiro atoms. The molecule has 1 aliphatic rings. The second-order valence-corrected chi connectivity index (χ2v) is 8.94. The first-order valence-electron chi connectivity index (χ1n) is 10.9. The molecule has 2 atom stereocenters. The lowest BCUT2D eigenvalue weighted by Crippen LogP contribution is -2.28. The van der Waals surface area contributed by atoms with E-state index in [1.165, 1.54) is 10.6 Å². The van der Waals surface area contributed by atoms with Crippen LogP contribution in [0.1, 0.15) is 31.6 Å². The Kier molecular flexibility index (Phi) is 5.64. The van der Waals surface area contributed by atoms with E-state index in [0.29, 0.717) is 23.1 Å². The van der Waals surface area contributed by atoms with Gasteiger partial charge in [0, 0.05) is 48.1 Å². The van der Waals surface area contributed by atoms with Gasteiger partial charge in [-0.15, -0.1) is 0 Å². The van der Waals surface area contributed by atoms with Crippen molar-refractivity contribution < 1.29 is 9.53 Å². The van der Waals surface area contributed by atoms with Crippen LogP contribution < -0.4 is 10.9 Å². The number of pyridine rings is 2. The van der Waals surface area contributed by atoms with Crippen molar-refractivity contribution in [2.24, 2.45) is 7.05 Å². The van der Waals surface area contributed by atoms with Gasteiger partial charge in [0.2, 0.25) is 5.91 Å². The van der Waals surface area contributed by atoms with Gasteiger partial charge in [0.05, 0.1) is 29.8 Å². The average molecular weight is 466 g/mol. The number of aryl methyl sites for hydroxylation is 1. The number of anilines is 1. The number of carbonyl (C=O) groups is 1. The van der Waals surface area contributed by atoms with Crippen molar-refractivity contribution in [3.63, 3.8) is 0 Å². The van der Waals surface area contributed by atoms with Gasteiger partial charge in [0.1, 0.15) is 11.3 Å². The number of fused-ring (bicyclic) bond motifs is 3. The third-order valence-corrected chi connectivity index (χ3v) is 6.32. The summed E-state index contributed by atoms with van der Waals surface area (Å²) >= 11 is 6.32. The molecule has 0 saturated carbocycles. The number of amides is 1. The predicted octanol–water partition coefficient (Wildman–Crippen LogP) is 3.86. The number of imidazole rings is 1. The zero-order valence-corrected chi connectivity index (χ0v) is 19.2. The van der Waals surface area contributed by atoms with Crippen LogP contribution in [0.2, 0.25) is 5.02 Å². The Morgan fingerprint density at radius 2 is 2.12 bits per heavy atom. The largest absolute Gasteiger partial charge is 0.378 e. The third kappa shape index (κ3) is 4.24. The van der Waals surface area contributed by atoms with Crippen LogP contribution in [0.5, 0.6) is 0 Å². The molecule has 1 N–H and O–H groups in total. The van der Waals surface area contributed by atoms with E-state index in [4.69, 9.17) is 21.3 Å². The maximum absolute atomic E-state index is 12.9. The molecule has 4 aromatic rings. The summed E-state index contributed by atoms with van der Waals surface area (Å²) in [5.41, 5.74) is 2.75. The molecule has 1 fully saturated rings. The van der Waals surface area contributed by atoms with Crippen LogP contribution in [0.4, 0.5) is 5.69 Å². The van der Waals surface area contributed by atoms with Crippen molar-refractivity contribution in [2.75, 3.05) is 11.9 Å². The van der Waals surface area contributed by atoms with Gasteiger partial charge < -0.3 is 19.2 Å². The van der Waals surface area contributed by atoms with Gasteiger partial charge >= 0.3 is 0 Å². The lowest BCUT2D eigenvalue weighted by atomic mass is 10.0. The number of benzene rings is 1. The number of hydrogen-bond acceptors (Lipinski definition) is 5. The Balaban J connectivity index is 1.58. The first kappa shape index (κ1) is 21.6. The number of ether oxygens (including phenoxy) is 1. The van der Waals surface area contributed by atoms with Gasteiger partial charge in [0.25, 0.3) is 5.56 Å². The van der Waals surface area contributed by atoms with Crippen LogP contribution in [0.3, 0.4) is 0 Å². The molecule has 9 heteroatoms. The molecule has 0 bridgehead atoms. The molecule has 33 heavy (non-hydrogen) atoms. The molecular weight excluding hydrogens is 442 g/mol. The highest BCUT2D eigenvalue weighted by Crippen LogP contribution is 2.34. The number of nitrogens with one attached hydrogen (secondary N) is 1. The Hall–Kier alpha value is -3.23. The molecule has 1 aliphatic heterocycles. The lowest BCUT2D eigenvalue weighted by molar-refractivity contribution is -0.115. The zero-order valence-electron chi connectivity index (χ0n) is 18.4. The van der Waals surface area contributed by atoms with E-state index in [9.17, 15) is 9.59 Å². The summed E-state index contributed by atoms with van der Waals surface area (Å²) in [6.45, 7) is 2.71. The van der Waals surface area contributed by atoms with E-state index in [1.807, 2.05) is 18.2 Å². The molecule has 4 heterocycles. The maximum atomic E-state index is 12.9. The van der Waals surface area contributed by atoms with Crippen molar-refractivity contribution in [3.8, 4) is 0 Å². The molecule has 5 rings (SSSR count). The zero-order chi connectivity index (χ0) is 23.1. The molecule has 3 aromatic heterocycles. The van der Waals surface area contributed by atoms with Gasteiger partial charge in [-0.05, 0) is 44.0 Å². The first-order valence-corrected chi connectivity index (χ1v) is 11.3. The quantitative estimate of drug-likeness (QED) is 0.494. The summed E-state index contributed by atoms with van der Waals surface area (Å²) < 4.78 is 9.38. The predicted molar refractivity (Wildman–Crippen MR) is 128 cm³/mol. The fourth-order valence-corrected chi connectivity index (χ4v) is 4.67. The summed E-state index contributed by atoms with van der Waals surface area (Å²) in [5, 5.41) is 4.35. The van der Waals surface area contributed by atoms with Gasteiger partial charge in [-0.3, -0.25) is 14.6 Å². The van der Waals surface area contributed by atoms with E-state index in [2.05, 4.69) is 21.8 Å². The Morgan fingerprint density at radius 1 is 1.27 bits per heavy atom. The molecule has 1 amide bonds. The summed E-state index contributed by atoms with van der Waals surface area (Å²) in [6.07, 6.45) is 5.19. The average Bonchev–Trinajstić information content (AvgIpc) is 3.14. The standard InChI is InChI=1S/C24H24ClN5O3/c1-14-9-17(6-8-33-14)30-21(12-22(31)27-16-5-7-29(2)23(32)11-16)28-20-13-26-19-4-3-15(25)10-18(19)24(20)30/h3-5,7,10-11,13-14,17H,6,8-9,12H2,1-2H3,(H,27,31)/t14-,17-/m1/s1. The molecule has 8 nitrogen and oxygen atoms in total. The number of aromatic nitrogens is 4. The Labute approximate surface area is 195 Å². The molecule has 0 aliphatic carbocycles. The number of rotatable bonds is 4. The van der Waals surface area contributed by atoms with Crippen molar-refractivity contribution in [2.45, 2.75) is 38.3 Å². The summed E-state index contributed by atoms with van der Waals surface area (Å²) in [4.78, 5) is 34.2. The van der Waals surface area contributed by atoms with E-state index in [1.54, 1.807) is 25.5 Å². The number of nitrogens with zero attached hydrogens (tertiary/aromatic N) is 4. The van der Waals surface area contributed by atoms with Crippen LogP contribution in [0, 0.1) is 0 Å². The molecular formula is C24H24ClN5O3. The van der Waals surface area contributed by atoms with Gasteiger partial charge in [-0.2, -0.15) is 0 Å². The fourth-order valence-electron chi connectivity index (χ4n) is 4.50. The summed E-state index contributed by atoms with van der Waals surface area (Å²) in [5.74, 6) is 0.412. The van der Waals surface area contributed by atoms with Crippen LogP contribution in [-0.2, 0) is 23.0 Å². The minimum absolute atomic E-state index is 0.0671. The minimum atomic E-state index is -0.241. The van der Waals surface area contributed by atoms with Gasteiger partial charge in [-0.1, -0.05) is 11.6 Å². The van der Waals surface area contributed by atoms with Gasteiger partial charge in [0.15, 0.2) is 0 Å². The van der Waals surface area contributed by atoms with Crippen LogP contribution in [0.15, 0.2) is 47.5 Å². The highest BCUT2D eigenvalue weighted by atomic mass is 35.5. The minimum Gasteiger partial charge on any atom is -0.378 e. The highest BCUT2D eigenvalue weighted by molar-refractivity contribution is 6.31. The first-order chi connectivity index (χ1) is 15.9. The van der Waals surface area contributed by atoms with Crippen molar-refractivity contribution >= 4 is 45.1 Å². The number of carbonyl (C=O) groups excluding carboxylic acids is 1. The lowest BCUT2D eigenvalue weighted by Gasteiger charge is -2.30. The monoisotopic (exact) mass is 465 g/mol. The van der Waals surface area contributed by atoms with Crippen molar-refractivity contribution in [1.82, 2.24) is 19.1 Å². The van der Waals surface area contributed by atoms with Crippen LogP contribution in [0.25, 0.3) is 21.9 Å². The van der Waals surface area contributed by atoms with Crippen LogP contribution in [-0.4, -0.2) is 37.7 Å². The number of hydrogen-bond donors (Lipinski definition) is 1. The second-order valence-electron chi connectivity index (χ2n) is 8.50. The molecule has 0 unspecified atom stereocenters. The molecule has 0 radical (unpaired) electrons. The van der Waals surface area contributed by atoms with Crippen molar-refractivity contribution in [1.29, 1.82) is 0 Å². The molecule has 170 valence electrons. The van der Waals surface area contributed by atoms with E-state index < -0.39 is 0 Å². The van der Waals surface area contributed by atoms with Gasteiger partial charge in [-0.25, -0.2) is 4.98 Å². The Bertz CT molecular complexity index is 1430. The normalized spacial score (nSPS) is 18.6. The topological polar surface area (TPSA) is 91.0 Å². The molecule has 1 aromatic carbocycles. The Morgan fingerprint density at radius 3 is 2.91 bits per heavy atom. The fraction of sp³-hybridized carbons (Fsp3) is 0.333. The van der Waals surface area contributed by atoms with E-state index in [-0.39, 0.29) is 30.0 Å². The summed E-state index contributed by atoms with van der Waals surface area (Å²) in [6, 6.07) is 8.84. The second kappa shape index (κ2) is 8.61. The van der Waals surface area contributed by atoms with Crippen molar-refractivity contribution in [3.05, 3.63) is 63.9 Å². The number of halogens is 1. The summed E-state index contributed by atoms with van der Waals surface area (Å²) in [7, 11) is 1.66. The third-order valence-electron chi connectivity index (χ3n) is 6.08. The van der Waals surface area contributed by atoms with Crippen LogP contribution >= 0.6 is 11.6 Å². The molecule has 1 saturated heterocycles. The van der Waals surface area contributed by atoms with E-state index in [0.717, 1.165) is 34.8 Å². The SMILES string of the molecule is C[C@@H]1C[C@H](n2c(CC(=O)Nc3ccn(C)c(=O)c3)nc3cnc4ccc(Cl)cc4c32)CCO1.